The highest BCUT2D eigenvalue weighted by atomic mass is 15.1. The Labute approximate surface area is 121 Å². The van der Waals surface area contributed by atoms with Crippen molar-refractivity contribution in [1.82, 2.24) is 10.3 Å². The second-order valence-corrected chi connectivity index (χ2v) is 5.02. The molecule has 3 nitrogen and oxygen atoms in total. The van der Waals surface area contributed by atoms with Crippen LogP contribution in [-0.2, 0) is 6.54 Å². The molecule has 0 atom stereocenters. The third-order valence-electron chi connectivity index (χ3n) is 3.48. The van der Waals surface area contributed by atoms with Crippen LogP contribution in [0.4, 0.5) is 11.4 Å². The molecule has 0 aliphatic heterocycles. The fourth-order valence-corrected chi connectivity index (χ4v) is 2.49. The van der Waals surface area contributed by atoms with Crippen molar-refractivity contribution >= 4 is 11.4 Å². The summed E-state index contributed by atoms with van der Waals surface area (Å²) in [4.78, 5) is 6.78. The molecule has 0 amide bonds. The molecule has 0 saturated heterocycles. The third-order valence-corrected chi connectivity index (χ3v) is 3.48. The molecule has 0 bridgehead atoms. The summed E-state index contributed by atoms with van der Waals surface area (Å²) in [6.45, 7) is 8.14. The zero-order chi connectivity index (χ0) is 14.5. The summed E-state index contributed by atoms with van der Waals surface area (Å²) in [5, 5.41) is 3.22. The van der Waals surface area contributed by atoms with Crippen molar-refractivity contribution in [3.63, 3.8) is 0 Å². The Morgan fingerprint density at radius 1 is 1.15 bits per heavy atom. The normalized spacial score (nSPS) is 10.6. The first-order valence-corrected chi connectivity index (χ1v) is 7.10. The molecular weight excluding hydrogens is 246 g/mol. The Kier molecular flexibility index (Phi) is 4.74. The molecule has 2 rings (SSSR count). The molecule has 1 aromatic carbocycles. The van der Waals surface area contributed by atoms with Gasteiger partial charge in [-0.2, -0.15) is 0 Å². The van der Waals surface area contributed by atoms with Gasteiger partial charge in [-0.3, -0.25) is 4.98 Å². The van der Waals surface area contributed by atoms with Gasteiger partial charge >= 0.3 is 0 Å². The molecule has 0 aliphatic carbocycles. The summed E-state index contributed by atoms with van der Waals surface area (Å²) in [6, 6.07) is 10.7. The van der Waals surface area contributed by atoms with Gasteiger partial charge in [0.05, 0.1) is 0 Å². The molecule has 0 radical (unpaired) electrons. The lowest BCUT2D eigenvalue weighted by Crippen LogP contribution is -2.20. The first-order valence-electron chi connectivity index (χ1n) is 7.10. The molecule has 0 unspecified atom stereocenters. The number of hydrogen-bond donors (Lipinski definition) is 1. The highest BCUT2D eigenvalue weighted by Crippen LogP contribution is 2.30. The van der Waals surface area contributed by atoms with Gasteiger partial charge in [0.15, 0.2) is 0 Å². The second kappa shape index (κ2) is 6.53. The average Bonchev–Trinajstić information content (AvgIpc) is 2.44. The van der Waals surface area contributed by atoms with E-state index in [0.29, 0.717) is 0 Å². The second-order valence-electron chi connectivity index (χ2n) is 5.02. The van der Waals surface area contributed by atoms with Crippen LogP contribution in [0.25, 0.3) is 0 Å². The summed E-state index contributed by atoms with van der Waals surface area (Å²) in [7, 11) is 1.97. The van der Waals surface area contributed by atoms with E-state index in [0.717, 1.165) is 18.8 Å². The maximum atomic E-state index is 4.42. The van der Waals surface area contributed by atoms with Crippen LogP contribution >= 0.6 is 0 Å². The zero-order valence-electron chi connectivity index (χ0n) is 12.8. The van der Waals surface area contributed by atoms with Crippen molar-refractivity contribution in [2.75, 3.05) is 18.5 Å². The summed E-state index contributed by atoms with van der Waals surface area (Å²) in [5.74, 6) is 0. The minimum Gasteiger partial charge on any atom is -0.341 e. The van der Waals surface area contributed by atoms with Gasteiger partial charge in [0.1, 0.15) is 0 Å². The van der Waals surface area contributed by atoms with Gasteiger partial charge in [0.25, 0.3) is 0 Å². The number of nitrogens with zero attached hydrogens (tertiary/aromatic N) is 2. The van der Waals surface area contributed by atoms with Gasteiger partial charge in [0, 0.05) is 41.9 Å². The molecule has 0 aliphatic rings. The van der Waals surface area contributed by atoms with E-state index in [1.165, 1.54) is 22.5 Å². The molecule has 0 spiro atoms. The van der Waals surface area contributed by atoms with E-state index in [1.54, 1.807) is 0 Å². The van der Waals surface area contributed by atoms with Crippen LogP contribution in [0.1, 0.15) is 23.7 Å². The van der Waals surface area contributed by atoms with Crippen LogP contribution in [0, 0.1) is 13.8 Å². The zero-order valence-corrected chi connectivity index (χ0v) is 12.8. The van der Waals surface area contributed by atoms with Gasteiger partial charge in [-0.1, -0.05) is 18.2 Å². The monoisotopic (exact) mass is 269 g/mol. The number of hydrogen-bond acceptors (Lipinski definition) is 3. The Hall–Kier alpha value is -1.87. The molecule has 1 heterocycles. The van der Waals surface area contributed by atoms with Crippen molar-refractivity contribution in [2.24, 2.45) is 0 Å². The van der Waals surface area contributed by atoms with E-state index in [2.05, 4.69) is 59.4 Å². The van der Waals surface area contributed by atoms with Crippen molar-refractivity contribution in [2.45, 2.75) is 27.3 Å². The molecule has 1 N–H and O–H groups in total. The minimum absolute atomic E-state index is 0.824. The Morgan fingerprint density at radius 2 is 1.90 bits per heavy atom. The summed E-state index contributed by atoms with van der Waals surface area (Å²) < 4.78 is 0. The number of aromatic nitrogens is 1. The van der Waals surface area contributed by atoms with Crippen molar-refractivity contribution in [1.29, 1.82) is 0 Å². The number of nitrogens with one attached hydrogen (secondary N) is 1. The predicted molar refractivity (Wildman–Crippen MR) is 85.6 cm³/mol. The maximum Gasteiger partial charge on any atom is 0.0490 e. The third kappa shape index (κ3) is 2.99. The fourth-order valence-electron chi connectivity index (χ4n) is 2.49. The van der Waals surface area contributed by atoms with Crippen LogP contribution in [-0.4, -0.2) is 18.6 Å². The lowest BCUT2D eigenvalue weighted by Gasteiger charge is -2.27. The van der Waals surface area contributed by atoms with Gasteiger partial charge in [0.2, 0.25) is 0 Å². The fraction of sp³-hybridized carbons (Fsp3) is 0.353. The lowest BCUT2D eigenvalue weighted by atomic mass is 10.1. The highest BCUT2D eigenvalue weighted by Gasteiger charge is 2.14. The number of para-hydroxylation sites is 1. The SMILES string of the molecule is CCN(c1ccccc1C)c1cc(C)ncc1CNC. The molecule has 20 heavy (non-hydrogen) atoms. The van der Waals surface area contributed by atoms with E-state index in [-0.39, 0.29) is 0 Å². The van der Waals surface area contributed by atoms with E-state index >= 15 is 0 Å². The predicted octanol–water partition coefficient (Wildman–Crippen LogP) is 3.58. The molecule has 2 aromatic rings. The van der Waals surface area contributed by atoms with E-state index in [1.807, 2.05) is 20.2 Å². The smallest absolute Gasteiger partial charge is 0.0490 e. The van der Waals surface area contributed by atoms with Gasteiger partial charge in [-0.25, -0.2) is 0 Å². The number of aryl methyl sites for hydroxylation is 2. The molecule has 1 aromatic heterocycles. The van der Waals surface area contributed by atoms with Gasteiger partial charge in [-0.15, -0.1) is 0 Å². The summed E-state index contributed by atoms with van der Waals surface area (Å²) >= 11 is 0. The van der Waals surface area contributed by atoms with Crippen molar-refractivity contribution in [3.8, 4) is 0 Å². The van der Waals surface area contributed by atoms with Crippen molar-refractivity contribution in [3.05, 3.63) is 53.3 Å². The summed E-state index contributed by atoms with van der Waals surface area (Å²) in [5.41, 5.74) is 6.07. The Morgan fingerprint density at radius 3 is 2.55 bits per heavy atom. The van der Waals surface area contributed by atoms with Gasteiger partial charge < -0.3 is 10.2 Å². The number of pyridine rings is 1. The van der Waals surface area contributed by atoms with E-state index in [4.69, 9.17) is 0 Å². The Balaban J connectivity index is 2.51. The topological polar surface area (TPSA) is 28.2 Å². The van der Waals surface area contributed by atoms with Crippen LogP contribution in [0.5, 0.6) is 0 Å². The number of anilines is 2. The largest absolute Gasteiger partial charge is 0.341 e. The average molecular weight is 269 g/mol. The van der Waals surface area contributed by atoms with Crippen molar-refractivity contribution < 1.29 is 0 Å². The van der Waals surface area contributed by atoms with Crippen LogP contribution in [0.3, 0.4) is 0 Å². The highest BCUT2D eigenvalue weighted by molar-refractivity contribution is 5.68. The van der Waals surface area contributed by atoms with Crippen LogP contribution in [0.2, 0.25) is 0 Å². The molecule has 0 fully saturated rings. The van der Waals surface area contributed by atoms with Crippen LogP contribution in [0.15, 0.2) is 36.5 Å². The molecule has 106 valence electrons. The molecule has 0 saturated carbocycles. The van der Waals surface area contributed by atoms with E-state index < -0.39 is 0 Å². The lowest BCUT2D eigenvalue weighted by molar-refractivity contribution is 0.806. The number of benzene rings is 1. The minimum atomic E-state index is 0.824. The first-order chi connectivity index (χ1) is 9.67. The molecule has 3 heteroatoms. The first kappa shape index (κ1) is 14.5. The maximum absolute atomic E-state index is 4.42. The quantitative estimate of drug-likeness (QED) is 0.899. The number of rotatable bonds is 5. The molecular formula is C17H23N3. The van der Waals surface area contributed by atoms with Crippen LogP contribution < -0.4 is 10.2 Å². The standard InChI is InChI=1S/C17H23N3/c1-5-20(16-9-7-6-8-13(16)2)17-10-14(3)19-12-15(17)11-18-4/h6-10,12,18H,5,11H2,1-4H3. The summed E-state index contributed by atoms with van der Waals surface area (Å²) in [6.07, 6.45) is 1.97. The Bertz CT molecular complexity index is 578. The van der Waals surface area contributed by atoms with E-state index in [9.17, 15) is 0 Å². The van der Waals surface area contributed by atoms with Gasteiger partial charge in [-0.05, 0) is 45.5 Å².